The van der Waals surface area contributed by atoms with Crippen LogP contribution in [0.5, 0.6) is 0 Å². The largest absolute Gasteiger partial charge is 0.355 e. The maximum atomic E-state index is 8.76. The van der Waals surface area contributed by atoms with Gasteiger partial charge in [0.25, 0.3) is 0 Å². The third-order valence-electron chi connectivity index (χ3n) is 1.80. The molecule has 1 rings (SSSR count). The Hall–Kier alpha value is -2.01. The molecule has 0 atom stereocenters. The van der Waals surface area contributed by atoms with Gasteiger partial charge >= 0.3 is 0 Å². The van der Waals surface area contributed by atoms with E-state index in [1.165, 1.54) is 0 Å². The van der Waals surface area contributed by atoms with E-state index in [-0.39, 0.29) is 0 Å². The van der Waals surface area contributed by atoms with Gasteiger partial charge in [-0.25, -0.2) is 0 Å². The molecule has 0 aliphatic heterocycles. The fourth-order valence-electron chi connectivity index (χ4n) is 1.07. The number of hydrogen-bond acceptors (Lipinski definition) is 2. The molecule has 1 aromatic carbocycles. The molecule has 0 spiro atoms. The van der Waals surface area contributed by atoms with Gasteiger partial charge < -0.3 is 5.32 Å². The fraction of sp³-hybridized carbons (Fsp3) is 0.0833. The van der Waals surface area contributed by atoms with Crippen molar-refractivity contribution in [3.05, 3.63) is 54.3 Å². The first-order valence-corrected chi connectivity index (χ1v) is 4.35. The van der Waals surface area contributed by atoms with Crippen LogP contribution in [0.1, 0.15) is 6.92 Å². The van der Waals surface area contributed by atoms with Crippen LogP contribution in [-0.4, -0.2) is 0 Å². The van der Waals surface area contributed by atoms with Crippen LogP contribution in [0.4, 0.5) is 5.69 Å². The summed E-state index contributed by atoms with van der Waals surface area (Å²) in [6, 6.07) is 11.7. The van der Waals surface area contributed by atoms with Crippen LogP contribution >= 0.6 is 0 Å². The Kier molecular flexibility index (Phi) is 3.51. The molecule has 0 amide bonds. The summed E-state index contributed by atoms with van der Waals surface area (Å²) in [5.41, 5.74) is 2.13. The average Bonchev–Trinajstić information content (AvgIpc) is 2.21. The van der Waals surface area contributed by atoms with Crippen LogP contribution in [0.3, 0.4) is 0 Å². The second kappa shape index (κ2) is 4.88. The summed E-state index contributed by atoms with van der Waals surface area (Å²) < 4.78 is 0. The minimum atomic E-state index is 0.564. The first kappa shape index (κ1) is 10.1. The minimum absolute atomic E-state index is 0.564. The zero-order valence-electron chi connectivity index (χ0n) is 8.12. The van der Waals surface area contributed by atoms with Crippen LogP contribution in [-0.2, 0) is 0 Å². The van der Waals surface area contributed by atoms with Gasteiger partial charge in [0.2, 0.25) is 0 Å². The molecule has 0 unspecified atom stereocenters. The number of nitriles is 1. The van der Waals surface area contributed by atoms with Gasteiger partial charge in [0.1, 0.15) is 6.07 Å². The van der Waals surface area contributed by atoms with Crippen LogP contribution in [0.25, 0.3) is 0 Å². The Labute approximate surface area is 84.2 Å². The summed E-state index contributed by atoms with van der Waals surface area (Å²) in [5.74, 6) is 0. The Morgan fingerprint density at radius 1 is 1.43 bits per heavy atom. The van der Waals surface area contributed by atoms with E-state index >= 15 is 0 Å². The van der Waals surface area contributed by atoms with Crippen molar-refractivity contribution in [2.45, 2.75) is 6.92 Å². The monoisotopic (exact) mass is 184 g/mol. The SMILES string of the molecule is C=C(Nc1ccccc1)/C(C#N)=C\C. The summed E-state index contributed by atoms with van der Waals surface area (Å²) in [7, 11) is 0. The second-order valence-electron chi connectivity index (χ2n) is 2.78. The van der Waals surface area contributed by atoms with Crippen molar-refractivity contribution < 1.29 is 0 Å². The molecule has 1 N–H and O–H groups in total. The van der Waals surface area contributed by atoms with Crippen molar-refractivity contribution in [1.82, 2.24) is 0 Å². The van der Waals surface area contributed by atoms with E-state index in [1.807, 2.05) is 37.3 Å². The molecule has 1 aromatic rings. The number of anilines is 1. The molecule has 70 valence electrons. The van der Waals surface area contributed by atoms with E-state index in [2.05, 4.69) is 18.0 Å². The molecule has 0 aliphatic rings. The standard InChI is InChI=1S/C12H12N2/c1-3-11(9-13)10(2)14-12-7-5-4-6-8-12/h3-8,14H,2H2,1H3/b11-3-. The number of nitrogens with one attached hydrogen (secondary N) is 1. The Bertz CT molecular complexity index is 383. The summed E-state index contributed by atoms with van der Waals surface area (Å²) in [6.07, 6.45) is 1.73. The van der Waals surface area contributed by atoms with E-state index in [1.54, 1.807) is 6.08 Å². The first-order valence-electron chi connectivity index (χ1n) is 4.35. The summed E-state index contributed by atoms with van der Waals surface area (Å²) in [4.78, 5) is 0. The van der Waals surface area contributed by atoms with E-state index in [0.717, 1.165) is 5.69 Å². The van der Waals surface area contributed by atoms with Crippen molar-refractivity contribution in [2.24, 2.45) is 0 Å². The highest BCUT2D eigenvalue weighted by atomic mass is 14.9. The van der Waals surface area contributed by atoms with E-state index < -0.39 is 0 Å². The lowest BCUT2D eigenvalue weighted by Gasteiger charge is -2.07. The minimum Gasteiger partial charge on any atom is -0.355 e. The Balaban J connectivity index is 2.73. The van der Waals surface area contributed by atoms with Crippen molar-refractivity contribution in [2.75, 3.05) is 5.32 Å². The Morgan fingerprint density at radius 2 is 2.07 bits per heavy atom. The molecule has 0 bridgehead atoms. The number of allylic oxidation sites excluding steroid dienone is 2. The molecule has 14 heavy (non-hydrogen) atoms. The maximum absolute atomic E-state index is 8.76. The smallest absolute Gasteiger partial charge is 0.101 e. The van der Waals surface area contributed by atoms with E-state index in [0.29, 0.717) is 11.3 Å². The zero-order valence-corrected chi connectivity index (χ0v) is 8.12. The molecule has 0 heterocycles. The summed E-state index contributed by atoms with van der Waals surface area (Å²) >= 11 is 0. The number of nitrogens with zero attached hydrogens (tertiary/aromatic N) is 1. The highest BCUT2D eigenvalue weighted by Gasteiger charge is 1.99. The number of hydrogen-bond donors (Lipinski definition) is 1. The van der Waals surface area contributed by atoms with Gasteiger partial charge in [-0.1, -0.05) is 30.9 Å². The third kappa shape index (κ3) is 2.49. The number of para-hydroxylation sites is 1. The predicted octanol–water partition coefficient (Wildman–Crippen LogP) is 3.08. The maximum Gasteiger partial charge on any atom is 0.101 e. The van der Waals surface area contributed by atoms with Crippen molar-refractivity contribution >= 4 is 5.69 Å². The second-order valence-corrected chi connectivity index (χ2v) is 2.78. The van der Waals surface area contributed by atoms with Gasteiger partial charge in [0.05, 0.1) is 5.57 Å². The van der Waals surface area contributed by atoms with Gasteiger partial charge in [0.15, 0.2) is 0 Å². The highest BCUT2D eigenvalue weighted by molar-refractivity contribution is 5.55. The average molecular weight is 184 g/mol. The number of rotatable bonds is 3. The molecule has 2 heteroatoms. The van der Waals surface area contributed by atoms with Crippen molar-refractivity contribution in [1.29, 1.82) is 5.26 Å². The fourth-order valence-corrected chi connectivity index (χ4v) is 1.07. The van der Waals surface area contributed by atoms with Gasteiger partial charge in [0, 0.05) is 11.4 Å². The van der Waals surface area contributed by atoms with Crippen molar-refractivity contribution in [3.63, 3.8) is 0 Å². The van der Waals surface area contributed by atoms with E-state index in [4.69, 9.17) is 5.26 Å². The molecular weight excluding hydrogens is 172 g/mol. The lowest BCUT2D eigenvalue weighted by Crippen LogP contribution is -1.99. The van der Waals surface area contributed by atoms with Crippen molar-refractivity contribution in [3.8, 4) is 6.07 Å². The summed E-state index contributed by atoms with van der Waals surface area (Å²) in [5, 5.41) is 11.8. The van der Waals surface area contributed by atoms with Gasteiger partial charge in [-0.3, -0.25) is 0 Å². The quantitative estimate of drug-likeness (QED) is 0.578. The van der Waals surface area contributed by atoms with Crippen LogP contribution in [0.15, 0.2) is 54.3 Å². The molecule has 0 saturated carbocycles. The molecule has 0 aromatic heterocycles. The molecule has 0 fully saturated rings. The molecule has 0 radical (unpaired) electrons. The van der Waals surface area contributed by atoms with Crippen LogP contribution in [0, 0.1) is 11.3 Å². The lowest BCUT2D eigenvalue weighted by atomic mass is 10.2. The van der Waals surface area contributed by atoms with Crippen LogP contribution < -0.4 is 5.32 Å². The molecule has 0 saturated heterocycles. The molecule has 0 aliphatic carbocycles. The molecular formula is C12H12N2. The lowest BCUT2D eigenvalue weighted by molar-refractivity contribution is 1.39. The normalized spacial score (nSPS) is 10.4. The predicted molar refractivity (Wildman–Crippen MR) is 58.6 cm³/mol. The van der Waals surface area contributed by atoms with Gasteiger partial charge in [-0.05, 0) is 19.1 Å². The van der Waals surface area contributed by atoms with Gasteiger partial charge in [-0.2, -0.15) is 5.26 Å². The first-order chi connectivity index (χ1) is 6.77. The topological polar surface area (TPSA) is 35.8 Å². The zero-order chi connectivity index (χ0) is 10.4. The molecule has 2 nitrogen and oxygen atoms in total. The Morgan fingerprint density at radius 3 is 2.57 bits per heavy atom. The summed E-state index contributed by atoms with van der Waals surface area (Å²) in [6.45, 7) is 5.61. The van der Waals surface area contributed by atoms with Crippen LogP contribution in [0.2, 0.25) is 0 Å². The van der Waals surface area contributed by atoms with Gasteiger partial charge in [-0.15, -0.1) is 0 Å². The number of benzene rings is 1. The van der Waals surface area contributed by atoms with E-state index in [9.17, 15) is 0 Å². The third-order valence-corrected chi connectivity index (χ3v) is 1.80. The highest BCUT2D eigenvalue weighted by Crippen LogP contribution is 2.12.